The van der Waals surface area contributed by atoms with Crippen molar-refractivity contribution in [3.8, 4) is 0 Å². The van der Waals surface area contributed by atoms with Gasteiger partial charge >= 0.3 is 0 Å². The second-order valence-electron chi connectivity index (χ2n) is 5.72. The van der Waals surface area contributed by atoms with Crippen LogP contribution in [0.3, 0.4) is 0 Å². The molecule has 1 amide bonds. The number of piperazine rings is 1. The molecule has 23 heavy (non-hydrogen) atoms. The fourth-order valence-electron chi connectivity index (χ4n) is 2.77. The Morgan fingerprint density at radius 3 is 2.65 bits per heavy atom. The van der Waals surface area contributed by atoms with Gasteiger partial charge in [0.15, 0.2) is 5.13 Å². The molecular formula is C17H22N4OS. The van der Waals surface area contributed by atoms with E-state index in [1.165, 1.54) is 0 Å². The molecule has 0 radical (unpaired) electrons. The highest BCUT2D eigenvalue weighted by Gasteiger charge is 2.26. The molecule has 5 nitrogen and oxygen atoms in total. The number of anilines is 1. The molecule has 0 saturated carbocycles. The molecule has 1 aromatic carbocycles. The third kappa shape index (κ3) is 4.09. The molecular weight excluding hydrogens is 308 g/mol. The summed E-state index contributed by atoms with van der Waals surface area (Å²) in [6, 6.07) is 9.91. The fraction of sp³-hybridized carbons (Fsp3) is 0.412. The van der Waals surface area contributed by atoms with Gasteiger partial charge in [0.1, 0.15) is 0 Å². The molecule has 2 aromatic rings. The van der Waals surface area contributed by atoms with Crippen molar-refractivity contribution in [2.75, 3.05) is 31.1 Å². The van der Waals surface area contributed by atoms with E-state index in [-0.39, 0.29) is 11.9 Å². The summed E-state index contributed by atoms with van der Waals surface area (Å²) in [5.74, 6) is 0.0940. The van der Waals surface area contributed by atoms with Crippen LogP contribution in [0.5, 0.6) is 0 Å². The summed E-state index contributed by atoms with van der Waals surface area (Å²) >= 11 is 1.67. The molecule has 1 aliphatic heterocycles. The quantitative estimate of drug-likeness (QED) is 0.911. The number of amides is 1. The van der Waals surface area contributed by atoms with Crippen LogP contribution in [0.25, 0.3) is 0 Å². The van der Waals surface area contributed by atoms with E-state index in [0.29, 0.717) is 6.54 Å². The Kier molecular flexibility index (Phi) is 5.25. The molecule has 1 unspecified atom stereocenters. The van der Waals surface area contributed by atoms with E-state index in [0.717, 1.165) is 36.9 Å². The fourth-order valence-corrected chi connectivity index (χ4v) is 3.47. The first kappa shape index (κ1) is 16.0. The Labute approximate surface area is 140 Å². The molecule has 122 valence electrons. The summed E-state index contributed by atoms with van der Waals surface area (Å²) < 4.78 is 0. The standard InChI is InChI=1S/C17H22N4OS/c1-14(16(22)19-13-15-5-3-2-4-6-15)20-8-10-21(11-9-20)17-18-7-12-23-17/h2-7,12,14H,8-11,13H2,1H3,(H,19,22). The predicted octanol–water partition coefficient (Wildman–Crippen LogP) is 1.97. The maximum absolute atomic E-state index is 12.3. The van der Waals surface area contributed by atoms with Crippen LogP contribution in [0.2, 0.25) is 0 Å². The number of hydrogen-bond donors (Lipinski definition) is 1. The second kappa shape index (κ2) is 7.57. The highest BCUT2D eigenvalue weighted by molar-refractivity contribution is 7.13. The average molecular weight is 330 g/mol. The monoisotopic (exact) mass is 330 g/mol. The van der Waals surface area contributed by atoms with Crippen molar-refractivity contribution in [2.24, 2.45) is 0 Å². The normalized spacial score (nSPS) is 17.0. The summed E-state index contributed by atoms with van der Waals surface area (Å²) in [5, 5.41) is 6.11. The molecule has 0 spiro atoms. The minimum Gasteiger partial charge on any atom is -0.351 e. The molecule has 1 N–H and O–H groups in total. The first-order valence-electron chi connectivity index (χ1n) is 7.94. The number of aromatic nitrogens is 1. The Bertz CT molecular complexity index is 609. The number of carbonyl (C=O) groups excluding carboxylic acids is 1. The maximum atomic E-state index is 12.3. The van der Waals surface area contributed by atoms with Gasteiger partial charge in [-0.2, -0.15) is 0 Å². The number of carbonyl (C=O) groups is 1. The van der Waals surface area contributed by atoms with Crippen LogP contribution in [0, 0.1) is 0 Å². The second-order valence-corrected chi connectivity index (χ2v) is 6.59. The molecule has 6 heteroatoms. The molecule has 1 saturated heterocycles. The van der Waals surface area contributed by atoms with Gasteiger partial charge in [-0.05, 0) is 12.5 Å². The Hall–Kier alpha value is -1.92. The van der Waals surface area contributed by atoms with Gasteiger partial charge < -0.3 is 10.2 Å². The van der Waals surface area contributed by atoms with Crippen molar-refractivity contribution in [2.45, 2.75) is 19.5 Å². The van der Waals surface area contributed by atoms with Crippen LogP contribution >= 0.6 is 11.3 Å². The van der Waals surface area contributed by atoms with Gasteiger partial charge in [-0.3, -0.25) is 9.69 Å². The van der Waals surface area contributed by atoms with E-state index in [2.05, 4.69) is 20.1 Å². The summed E-state index contributed by atoms with van der Waals surface area (Å²) in [6.07, 6.45) is 1.84. The third-order valence-electron chi connectivity index (χ3n) is 4.24. The number of rotatable bonds is 5. The largest absolute Gasteiger partial charge is 0.351 e. The smallest absolute Gasteiger partial charge is 0.237 e. The van der Waals surface area contributed by atoms with Gasteiger partial charge in [-0.25, -0.2) is 4.98 Å². The van der Waals surface area contributed by atoms with Crippen molar-refractivity contribution in [3.05, 3.63) is 47.5 Å². The van der Waals surface area contributed by atoms with E-state index in [9.17, 15) is 4.79 Å². The lowest BCUT2D eigenvalue weighted by atomic mass is 10.2. The first-order valence-corrected chi connectivity index (χ1v) is 8.82. The topological polar surface area (TPSA) is 48.5 Å². The van der Waals surface area contributed by atoms with Crippen LogP contribution in [0.15, 0.2) is 41.9 Å². The van der Waals surface area contributed by atoms with Crippen molar-refractivity contribution >= 4 is 22.4 Å². The van der Waals surface area contributed by atoms with E-state index < -0.39 is 0 Å². The number of nitrogens with zero attached hydrogens (tertiary/aromatic N) is 3. The van der Waals surface area contributed by atoms with Crippen molar-refractivity contribution in [1.82, 2.24) is 15.2 Å². The number of thiazole rings is 1. The van der Waals surface area contributed by atoms with E-state index in [1.807, 2.05) is 48.8 Å². The van der Waals surface area contributed by atoms with Gasteiger partial charge in [-0.15, -0.1) is 11.3 Å². The number of benzene rings is 1. The highest BCUT2D eigenvalue weighted by Crippen LogP contribution is 2.19. The van der Waals surface area contributed by atoms with E-state index in [4.69, 9.17) is 0 Å². The van der Waals surface area contributed by atoms with Gasteiger partial charge in [0.25, 0.3) is 0 Å². The van der Waals surface area contributed by atoms with Crippen LogP contribution < -0.4 is 10.2 Å². The molecule has 2 heterocycles. The highest BCUT2D eigenvalue weighted by atomic mass is 32.1. The van der Waals surface area contributed by atoms with Crippen LogP contribution in [0.4, 0.5) is 5.13 Å². The molecule has 1 fully saturated rings. The van der Waals surface area contributed by atoms with Crippen LogP contribution in [-0.2, 0) is 11.3 Å². The zero-order chi connectivity index (χ0) is 16.1. The Morgan fingerprint density at radius 1 is 1.26 bits per heavy atom. The molecule has 0 bridgehead atoms. The summed E-state index contributed by atoms with van der Waals surface area (Å²) in [6.45, 7) is 6.19. The molecule has 1 aromatic heterocycles. The van der Waals surface area contributed by atoms with E-state index in [1.54, 1.807) is 11.3 Å². The lowest BCUT2D eigenvalue weighted by Crippen LogP contribution is -2.53. The minimum atomic E-state index is -0.0999. The number of hydrogen-bond acceptors (Lipinski definition) is 5. The first-order chi connectivity index (χ1) is 11.2. The molecule has 0 aliphatic carbocycles. The summed E-state index contributed by atoms with van der Waals surface area (Å²) in [5.41, 5.74) is 1.13. The maximum Gasteiger partial charge on any atom is 0.237 e. The zero-order valence-electron chi connectivity index (χ0n) is 13.3. The van der Waals surface area contributed by atoms with Crippen molar-refractivity contribution in [1.29, 1.82) is 0 Å². The van der Waals surface area contributed by atoms with Crippen LogP contribution in [0.1, 0.15) is 12.5 Å². The predicted molar refractivity (Wildman–Crippen MR) is 93.7 cm³/mol. The Morgan fingerprint density at radius 2 is 2.00 bits per heavy atom. The SMILES string of the molecule is CC(C(=O)NCc1ccccc1)N1CCN(c2nccs2)CC1. The van der Waals surface area contributed by atoms with Crippen molar-refractivity contribution in [3.63, 3.8) is 0 Å². The van der Waals surface area contributed by atoms with Crippen LogP contribution in [-0.4, -0.2) is 48.0 Å². The van der Waals surface area contributed by atoms with Crippen molar-refractivity contribution < 1.29 is 4.79 Å². The lowest BCUT2D eigenvalue weighted by Gasteiger charge is -2.37. The minimum absolute atomic E-state index is 0.0940. The third-order valence-corrected chi connectivity index (χ3v) is 5.07. The lowest BCUT2D eigenvalue weighted by molar-refractivity contribution is -0.126. The molecule has 1 aliphatic rings. The number of nitrogens with one attached hydrogen (secondary N) is 1. The van der Waals surface area contributed by atoms with E-state index >= 15 is 0 Å². The average Bonchev–Trinajstić information content (AvgIpc) is 3.15. The Balaban J connectivity index is 1.47. The van der Waals surface area contributed by atoms with Gasteiger partial charge in [0, 0.05) is 44.3 Å². The molecule has 3 rings (SSSR count). The summed E-state index contributed by atoms with van der Waals surface area (Å²) in [4.78, 5) is 21.2. The van der Waals surface area contributed by atoms with Gasteiger partial charge in [-0.1, -0.05) is 30.3 Å². The molecule has 1 atom stereocenters. The van der Waals surface area contributed by atoms with Gasteiger partial charge in [0.2, 0.25) is 5.91 Å². The zero-order valence-corrected chi connectivity index (χ0v) is 14.1. The van der Waals surface area contributed by atoms with Gasteiger partial charge in [0.05, 0.1) is 6.04 Å². The summed E-state index contributed by atoms with van der Waals surface area (Å²) in [7, 11) is 0.